The van der Waals surface area contributed by atoms with Crippen molar-refractivity contribution in [2.45, 2.75) is 17.6 Å². The third-order valence-corrected chi connectivity index (χ3v) is 7.57. The number of hydrogen-bond acceptors (Lipinski definition) is 4. The molecule has 0 bridgehead atoms. The number of carbonyl (C=O) groups excluding carboxylic acids is 1. The van der Waals surface area contributed by atoms with Gasteiger partial charge in [0.2, 0.25) is 5.91 Å². The van der Waals surface area contributed by atoms with Crippen molar-refractivity contribution >= 4 is 33.4 Å². The molecule has 1 amide bonds. The fourth-order valence-electron chi connectivity index (χ4n) is 3.11. The number of carbonyl (C=O) groups is 1. The molecule has 0 spiro atoms. The van der Waals surface area contributed by atoms with Gasteiger partial charge in [-0.1, -0.05) is 54.6 Å². The fourth-order valence-corrected chi connectivity index (χ4v) is 5.46. The summed E-state index contributed by atoms with van der Waals surface area (Å²) in [7, 11) is -3.92. The zero-order valence-electron chi connectivity index (χ0n) is 17.7. The van der Waals surface area contributed by atoms with Crippen LogP contribution in [0.3, 0.4) is 0 Å². The molecule has 0 fully saturated rings. The molecule has 0 saturated carbocycles. The number of amides is 1. The number of benzene rings is 3. The van der Waals surface area contributed by atoms with Crippen LogP contribution < -0.4 is 9.62 Å². The summed E-state index contributed by atoms with van der Waals surface area (Å²) in [6, 6.07) is 21.7. The lowest BCUT2D eigenvalue weighted by molar-refractivity contribution is -0.119. The molecule has 0 heterocycles. The smallest absolute Gasteiger partial charge is 0.264 e. The first kappa shape index (κ1) is 23.8. The van der Waals surface area contributed by atoms with Crippen LogP contribution in [0.15, 0.2) is 83.8 Å². The van der Waals surface area contributed by atoms with E-state index in [1.165, 1.54) is 30.0 Å². The molecule has 0 aliphatic rings. The Morgan fingerprint density at radius 2 is 1.62 bits per heavy atom. The van der Waals surface area contributed by atoms with Gasteiger partial charge in [0.15, 0.2) is 0 Å². The molecule has 8 heteroatoms. The molecule has 0 unspecified atom stereocenters. The predicted octanol–water partition coefficient (Wildman–Crippen LogP) is 4.38. The third-order valence-electron chi connectivity index (χ3n) is 4.79. The Kier molecular flexibility index (Phi) is 8.30. The lowest BCUT2D eigenvalue weighted by atomic mass is 10.2. The zero-order chi connectivity index (χ0) is 23.0. The van der Waals surface area contributed by atoms with E-state index in [4.69, 9.17) is 0 Å². The molecule has 0 saturated heterocycles. The summed E-state index contributed by atoms with van der Waals surface area (Å²) in [5.74, 6) is 0.430. The number of rotatable bonds is 10. The van der Waals surface area contributed by atoms with E-state index in [9.17, 15) is 17.6 Å². The van der Waals surface area contributed by atoms with Gasteiger partial charge in [-0.2, -0.15) is 11.8 Å². The van der Waals surface area contributed by atoms with E-state index in [0.717, 1.165) is 9.87 Å². The summed E-state index contributed by atoms with van der Waals surface area (Å²) in [6.45, 7) is 1.82. The summed E-state index contributed by atoms with van der Waals surface area (Å²) in [5, 5.41) is 2.77. The minimum absolute atomic E-state index is 0.122. The molecule has 3 aromatic carbocycles. The van der Waals surface area contributed by atoms with Gasteiger partial charge in [-0.15, -0.1) is 0 Å². The van der Waals surface area contributed by atoms with Crippen molar-refractivity contribution in [2.75, 3.05) is 23.1 Å². The van der Waals surface area contributed by atoms with Crippen LogP contribution in [0.1, 0.15) is 11.1 Å². The quantitative estimate of drug-likeness (QED) is 0.445. The zero-order valence-corrected chi connectivity index (χ0v) is 19.3. The van der Waals surface area contributed by atoms with Gasteiger partial charge >= 0.3 is 0 Å². The maximum Gasteiger partial charge on any atom is 0.264 e. The van der Waals surface area contributed by atoms with Gasteiger partial charge in [-0.05, 0) is 42.3 Å². The predicted molar refractivity (Wildman–Crippen MR) is 128 cm³/mol. The summed E-state index contributed by atoms with van der Waals surface area (Å²) in [4.78, 5) is 12.7. The number of anilines is 1. The van der Waals surface area contributed by atoms with Gasteiger partial charge in [0.1, 0.15) is 12.4 Å². The highest BCUT2D eigenvalue weighted by Crippen LogP contribution is 2.26. The monoisotopic (exact) mass is 472 g/mol. The van der Waals surface area contributed by atoms with E-state index in [1.54, 1.807) is 61.5 Å². The highest BCUT2D eigenvalue weighted by atomic mass is 32.2. The SMILES string of the molecule is Cc1ccccc1N(CC(=O)NCCSCc1ccccc1F)S(=O)(=O)c1ccccc1. The van der Waals surface area contributed by atoms with E-state index in [0.29, 0.717) is 29.3 Å². The Morgan fingerprint density at radius 3 is 2.34 bits per heavy atom. The average molecular weight is 473 g/mol. The number of hydrogen-bond donors (Lipinski definition) is 1. The molecule has 5 nitrogen and oxygen atoms in total. The van der Waals surface area contributed by atoms with Crippen molar-refractivity contribution in [3.63, 3.8) is 0 Å². The van der Waals surface area contributed by atoms with Crippen LogP contribution in [-0.4, -0.2) is 33.2 Å². The van der Waals surface area contributed by atoms with Crippen molar-refractivity contribution in [3.05, 3.63) is 95.8 Å². The summed E-state index contributed by atoms with van der Waals surface area (Å²) in [6.07, 6.45) is 0. The van der Waals surface area contributed by atoms with Crippen LogP contribution in [-0.2, 0) is 20.6 Å². The van der Waals surface area contributed by atoms with Gasteiger partial charge in [-0.25, -0.2) is 12.8 Å². The lowest BCUT2D eigenvalue weighted by Crippen LogP contribution is -2.41. The summed E-state index contributed by atoms with van der Waals surface area (Å²) >= 11 is 1.50. The molecule has 0 aliphatic carbocycles. The van der Waals surface area contributed by atoms with Crippen LogP contribution in [0.2, 0.25) is 0 Å². The minimum Gasteiger partial charge on any atom is -0.354 e. The van der Waals surface area contributed by atoms with E-state index >= 15 is 0 Å². The molecule has 0 atom stereocenters. The van der Waals surface area contributed by atoms with E-state index in [1.807, 2.05) is 6.07 Å². The molecule has 1 N–H and O–H groups in total. The van der Waals surface area contributed by atoms with E-state index in [-0.39, 0.29) is 17.3 Å². The number of nitrogens with zero attached hydrogens (tertiary/aromatic N) is 1. The molecule has 0 aliphatic heterocycles. The molecule has 0 radical (unpaired) electrons. The topological polar surface area (TPSA) is 66.5 Å². The highest BCUT2D eigenvalue weighted by molar-refractivity contribution is 7.98. The second-order valence-electron chi connectivity index (χ2n) is 7.11. The first-order valence-electron chi connectivity index (χ1n) is 10.1. The van der Waals surface area contributed by atoms with Gasteiger partial charge < -0.3 is 5.32 Å². The van der Waals surface area contributed by atoms with E-state index < -0.39 is 15.9 Å². The Morgan fingerprint density at radius 1 is 0.969 bits per heavy atom. The number of thioether (sulfide) groups is 1. The van der Waals surface area contributed by atoms with Crippen molar-refractivity contribution < 1.29 is 17.6 Å². The van der Waals surface area contributed by atoms with Crippen LogP contribution in [0.5, 0.6) is 0 Å². The van der Waals surface area contributed by atoms with Gasteiger partial charge in [-0.3, -0.25) is 9.10 Å². The summed E-state index contributed by atoms with van der Waals surface area (Å²) < 4.78 is 41.4. The van der Waals surface area contributed by atoms with Crippen molar-refractivity contribution in [1.29, 1.82) is 0 Å². The van der Waals surface area contributed by atoms with E-state index in [2.05, 4.69) is 5.32 Å². The van der Waals surface area contributed by atoms with Crippen molar-refractivity contribution in [1.82, 2.24) is 5.32 Å². The van der Waals surface area contributed by atoms with Crippen molar-refractivity contribution in [2.24, 2.45) is 0 Å². The minimum atomic E-state index is -3.92. The number of nitrogens with one attached hydrogen (secondary N) is 1. The largest absolute Gasteiger partial charge is 0.354 e. The highest BCUT2D eigenvalue weighted by Gasteiger charge is 2.27. The number of aryl methyl sites for hydroxylation is 1. The fraction of sp³-hybridized carbons (Fsp3) is 0.208. The standard InChI is InChI=1S/C24H25FN2O3S2/c1-19-9-5-8-14-23(19)27(32(29,30)21-11-3-2-4-12-21)17-24(28)26-15-16-31-18-20-10-6-7-13-22(20)25/h2-14H,15-18H2,1H3,(H,26,28). The second kappa shape index (κ2) is 11.2. The Balaban J connectivity index is 1.64. The summed E-state index contributed by atoms with van der Waals surface area (Å²) in [5.41, 5.74) is 1.82. The third kappa shape index (κ3) is 6.11. The first-order chi connectivity index (χ1) is 15.4. The maximum absolute atomic E-state index is 13.7. The Labute approximate surface area is 192 Å². The van der Waals surface area contributed by atoms with Crippen LogP contribution in [0.25, 0.3) is 0 Å². The molecular formula is C24H25FN2O3S2. The van der Waals surface area contributed by atoms with Gasteiger partial charge in [0, 0.05) is 18.1 Å². The Bertz CT molecular complexity index is 1150. The molecule has 168 valence electrons. The number of halogens is 1. The normalized spacial score (nSPS) is 11.2. The maximum atomic E-state index is 13.7. The lowest BCUT2D eigenvalue weighted by Gasteiger charge is -2.25. The Hall–Kier alpha value is -2.84. The van der Waals surface area contributed by atoms with Crippen molar-refractivity contribution in [3.8, 4) is 0 Å². The first-order valence-corrected chi connectivity index (χ1v) is 12.7. The number of para-hydroxylation sites is 1. The molecule has 0 aromatic heterocycles. The van der Waals surface area contributed by atoms with Crippen LogP contribution >= 0.6 is 11.8 Å². The second-order valence-corrected chi connectivity index (χ2v) is 10.1. The molecule has 32 heavy (non-hydrogen) atoms. The van der Waals surface area contributed by atoms with Crippen LogP contribution in [0.4, 0.5) is 10.1 Å². The van der Waals surface area contributed by atoms with Gasteiger partial charge in [0.05, 0.1) is 10.6 Å². The average Bonchev–Trinajstić information content (AvgIpc) is 2.79. The molecule has 3 aromatic rings. The molecular weight excluding hydrogens is 447 g/mol. The molecule has 3 rings (SSSR count). The number of sulfonamides is 1. The van der Waals surface area contributed by atoms with Gasteiger partial charge in [0.25, 0.3) is 10.0 Å². The van der Waals surface area contributed by atoms with Crippen LogP contribution in [0, 0.1) is 12.7 Å².